The van der Waals surface area contributed by atoms with E-state index in [1.54, 1.807) is 11.3 Å². The first-order chi connectivity index (χ1) is 16.6. The number of nitrogens with one attached hydrogen (secondary N) is 2. The Kier molecular flexibility index (Phi) is 5.16. The van der Waals surface area contributed by atoms with Gasteiger partial charge in [-0.05, 0) is 13.1 Å². The van der Waals surface area contributed by atoms with E-state index in [-0.39, 0.29) is 11.9 Å². The summed E-state index contributed by atoms with van der Waals surface area (Å²) >= 11 is 1.56. The van der Waals surface area contributed by atoms with Crippen LogP contribution in [0.3, 0.4) is 0 Å². The number of aromatic nitrogens is 3. The molecule has 4 aromatic rings. The van der Waals surface area contributed by atoms with E-state index in [0.717, 1.165) is 36.3 Å². The Labute approximate surface area is 199 Å². The standard InChI is InChI=1S/C24H21N7O2S/c1-31-12-11-17-18(13-31)34-23(26-17)22-29-30-24(33-22)28-20-21(32)25-16-10-6-5-9-15(16)19(27-20)14-7-3-2-4-8-14/h2-10,20H,11-13H2,1H3,(H,25,32)(H,28,30). The first kappa shape index (κ1) is 20.7. The summed E-state index contributed by atoms with van der Waals surface area (Å²) in [7, 11) is 2.09. The number of benzodiazepines with no additional fused rings is 1. The summed E-state index contributed by atoms with van der Waals surface area (Å²) in [6.45, 7) is 1.85. The molecule has 1 atom stereocenters. The van der Waals surface area contributed by atoms with Gasteiger partial charge in [0.1, 0.15) is 0 Å². The fourth-order valence-electron chi connectivity index (χ4n) is 4.08. The average molecular weight is 472 g/mol. The minimum atomic E-state index is -0.950. The zero-order chi connectivity index (χ0) is 23.1. The summed E-state index contributed by atoms with van der Waals surface area (Å²) in [6, 6.07) is 17.5. The van der Waals surface area contributed by atoms with Crippen molar-refractivity contribution < 1.29 is 9.21 Å². The van der Waals surface area contributed by atoms with Gasteiger partial charge in [0.05, 0.1) is 17.1 Å². The van der Waals surface area contributed by atoms with E-state index < -0.39 is 6.17 Å². The first-order valence-corrected chi connectivity index (χ1v) is 11.8. The van der Waals surface area contributed by atoms with Crippen LogP contribution in [0.25, 0.3) is 10.9 Å². The zero-order valence-corrected chi connectivity index (χ0v) is 19.2. The Morgan fingerprint density at radius 3 is 2.82 bits per heavy atom. The van der Waals surface area contributed by atoms with Gasteiger partial charge < -0.3 is 20.0 Å². The quantitative estimate of drug-likeness (QED) is 0.470. The number of aliphatic imine (C=N–C) groups is 1. The maximum absolute atomic E-state index is 13.0. The number of fused-ring (bicyclic) bond motifs is 2. The van der Waals surface area contributed by atoms with Crippen LogP contribution in [-0.4, -0.2) is 51.5 Å². The van der Waals surface area contributed by atoms with Crippen LogP contribution in [0.2, 0.25) is 0 Å². The lowest BCUT2D eigenvalue weighted by atomic mass is 10.0. The number of hydrogen-bond acceptors (Lipinski definition) is 9. The molecule has 0 radical (unpaired) electrons. The Hall–Kier alpha value is -3.89. The van der Waals surface area contributed by atoms with Crippen LogP contribution in [0.5, 0.6) is 0 Å². The highest BCUT2D eigenvalue weighted by atomic mass is 32.1. The summed E-state index contributed by atoms with van der Waals surface area (Å²) in [5.41, 5.74) is 4.23. The predicted molar refractivity (Wildman–Crippen MR) is 130 cm³/mol. The van der Waals surface area contributed by atoms with E-state index in [2.05, 4.69) is 37.8 Å². The van der Waals surface area contributed by atoms with Crippen LogP contribution in [-0.2, 0) is 17.8 Å². The summed E-state index contributed by atoms with van der Waals surface area (Å²) in [5.74, 6) is 0.0139. The van der Waals surface area contributed by atoms with E-state index in [9.17, 15) is 4.79 Å². The summed E-state index contributed by atoms with van der Waals surface area (Å²) in [4.78, 5) is 25.9. The van der Waals surface area contributed by atoms with Crippen molar-refractivity contribution in [2.45, 2.75) is 19.1 Å². The van der Waals surface area contributed by atoms with Crippen LogP contribution in [0.15, 0.2) is 64.0 Å². The number of para-hydroxylation sites is 1. The Bertz CT molecular complexity index is 1400. The molecule has 9 nitrogen and oxygen atoms in total. The maximum Gasteiger partial charge on any atom is 0.317 e. The summed E-state index contributed by atoms with van der Waals surface area (Å²) in [5, 5.41) is 14.9. The minimum absolute atomic E-state index is 0.113. The number of rotatable bonds is 4. The van der Waals surface area contributed by atoms with Crippen molar-refractivity contribution in [2.75, 3.05) is 24.2 Å². The predicted octanol–water partition coefficient (Wildman–Crippen LogP) is 3.41. The molecule has 2 aliphatic heterocycles. The molecular formula is C24H21N7O2S. The molecule has 0 bridgehead atoms. The maximum atomic E-state index is 13.0. The fraction of sp³-hybridized carbons (Fsp3) is 0.208. The second-order valence-electron chi connectivity index (χ2n) is 8.21. The number of nitrogens with zero attached hydrogens (tertiary/aromatic N) is 5. The third-order valence-electron chi connectivity index (χ3n) is 5.78. The third kappa shape index (κ3) is 3.87. The molecule has 1 amide bonds. The van der Waals surface area contributed by atoms with Gasteiger partial charge in [-0.3, -0.25) is 4.79 Å². The van der Waals surface area contributed by atoms with Crippen molar-refractivity contribution in [3.8, 4) is 10.9 Å². The third-order valence-corrected chi connectivity index (χ3v) is 6.85. The second-order valence-corrected chi connectivity index (χ2v) is 9.30. The fourth-order valence-corrected chi connectivity index (χ4v) is 5.19. The zero-order valence-electron chi connectivity index (χ0n) is 18.4. The van der Waals surface area contributed by atoms with Gasteiger partial charge in [0.15, 0.2) is 5.01 Å². The van der Waals surface area contributed by atoms with Gasteiger partial charge in [0, 0.05) is 35.5 Å². The van der Waals surface area contributed by atoms with Crippen LogP contribution in [0.1, 0.15) is 21.7 Å². The van der Waals surface area contributed by atoms with Crippen LogP contribution in [0.4, 0.5) is 11.7 Å². The molecule has 0 spiro atoms. The molecule has 2 aliphatic rings. The topological polar surface area (TPSA) is 109 Å². The number of anilines is 2. The number of benzene rings is 2. The summed E-state index contributed by atoms with van der Waals surface area (Å²) < 4.78 is 5.84. The lowest BCUT2D eigenvalue weighted by Gasteiger charge is -2.20. The molecule has 34 heavy (non-hydrogen) atoms. The van der Waals surface area contributed by atoms with Gasteiger partial charge in [-0.1, -0.05) is 53.6 Å². The van der Waals surface area contributed by atoms with E-state index >= 15 is 0 Å². The molecule has 0 saturated heterocycles. The summed E-state index contributed by atoms with van der Waals surface area (Å²) in [6.07, 6.45) is -0.0458. The Morgan fingerprint density at radius 1 is 1.12 bits per heavy atom. The van der Waals surface area contributed by atoms with Gasteiger partial charge in [-0.2, -0.15) is 0 Å². The van der Waals surface area contributed by atoms with E-state index in [1.165, 1.54) is 4.88 Å². The van der Waals surface area contributed by atoms with Gasteiger partial charge in [-0.15, -0.1) is 16.4 Å². The number of likely N-dealkylation sites (N-methyl/N-ethyl adjacent to an activating group) is 1. The van der Waals surface area contributed by atoms with E-state index in [4.69, 9.17) is 9.41 Å². The molecule has 2 aromatic carbocycles. The molecule has 2 N–H and O–H groups in total. The van der Waals surface area contributed by atoms with Crippen LogP contribution in [0, 0.1) is 0 Å². The van der Waals surface area contributed by atoms with E-state index in [1.807, 2.05) is 54.6 Å². The monoisotopic (exact) mass is 471 g/mol. The Balaban J connectivity index is 1.31. The Morgan fingerprint density at radius 2 is 1.94 bits per heavy atom. The highest BCUT2D eigenvalue weighted by molar-refractivity contribution is 7.15. The molecular weight excluding hydrogens is 450 g/mol. The first-order valence-electron chi connectivity index (χ1n) is 10.9. The molecule has 10 heteroatoms. The molecule has 0 aliphatic carbocycles. The largest absolute Gasteiger partial charge is 0.401 e. The number of carbonyl (C=O) groups is 1. The van der Waals surface area contributed by atoms with E-state index in [0.29, 0.717) is 22.3 Å². The van der Waals surface area contributed by atoms with Crippen molar-refractivity contribution in [3.63, 3.8) is 0 Å². The van der Waals surface area contributed by atoms with Gasteiger partial charge in [0.25, 0.3) is 11.8 Å². The lowest BCUT2D eigenvalue weighted by Crippen LogP contribution is -2.32. The molecule has 6 rings (SSSR count). The highest BCUT2D eigenvalue weighted by Gasteiger charge is 2.28. The smallest absolute Gasteiger partial charge is 0.317 e. The van der Waals surface area contributed by atoms with Gasteiger partial charge >= 0.3 is 6.01 Å². The molecule has 1 unspecified atom stereocenters. The second kappa shape index (κ2) is 8.47. The van der Waals surface area contributed by atoms with Crippen LogP contribution >= 0.6 is 11.3 Å². The van der Waals surface area contributed by atoms with Gasteiger partial charge in [0.2, 0.25) is 6.17 Å². The number of thiazole rings is 1. The normalized spacial score (nSPS) is 17.9. The molecule has 4 heterocycles. The van der Waals surface area contributed by atoms with Crippen LogP contribution < -0.4 is 10.6 Å². The minimum Gasteiger partial charge on any atom is -0.401 e. The van der Waals surface area contributed by atoms with Gasteiger partial charge in [-0.25, -0.2) is 9.98 Å². The SMILES string of the molecule is CN1CCc2nc(-c3nnc(NC4N=C(c5ccccc5)c5ccccc5NC4=O)o3)sc2C1. The lowest BCUT2D eigenvalue weighted by molar-refractivity contribution is -0.116. The molecule has 0 saturated carbocycles. The van der Waals surface area contributed by atoms with Crippen molar-refractivity contribution in [2.24, 2.45) is 4.99 Å². The number of carbonyl (C=O) groups excluding carboxylic acids is 1. The van der Waals surface area contributed by atoms with Crippen molar-refractivity contribution >= 4 is 34.7 Å². The average Bonchev–Trinajstić information content (AvgIpc) is 3.46. The highest BCUT2D eigenvalue weighted by Crippen LogP contribution is 2.31. The van der Waals surface area contributed by atoms with Crippen molar-refractivity contribution in [1.29, 1.82) is 0 Å². The van der Waals surface area contributed by atoms with Crippen molar-refractivity contribution in [3.05, 3.63) is 76.3 Å². The molecule has 0 fully saturated rings. The molecule has 2 aromatic heterocycles. The number of amides is 1. The van der Waals surface area contributed by atoms with Crippen molar-refractivity contribution in [1.82, 2.24) is 20.1 Å². The number of hydrogen-bond donors (Lipinski definition) is 2. The molecule has 170 valence electrons.